The molecule has 66 heavy (non-hydrogen) atoms. The number of hydrogen-bond acceptors (Lipinski definition) is 5. The predicted molar refractivity (Wildman–Crippen MR) is 287 cm³/mol. The number of carbonyl (C=O) groups is 2. The van der Waals surface area contributed by atoms with E-state index in [4.69, 9.17) is 4.74 Å². The van der Waals surface area contributed by atoms with Crippen LogP contribution in [0.15, 0.2) is 12.2 Å². The van der Waals surface area contributed by atoms with Crippen molar-refractivity contribution in [2.45, 2.75) is 347 Å². The highest BCUT2D eigenvalue weighted by Crippen LogP contribution is 2.17. The Morgan fingerprint density at radius 2 is 0.712 bits per heavy atom. The van der Waals surface area contributed by atoms with Crippen molar-refractivity contribution in [1.29, 1.82) is 0 Å². The molecule has 392 valence electrons. The number of ether oxygens (including phenoxy) is 1. The first-order valence-electron chi connectivity index (χ1n) is 29.9. The summed E-state index contributed by atoms with van der Waals surface area (Å²) in [7, 11) is 0. The van der Waals surface area contributed by atoms with Gasteiger partial charge >= 0.3 is 5.97 Å². The van der Waals surface area contributed by atoms with Crippen molar-refractivity contribution in [1.82, 2.24) is 5.32 Å². The highest BCUT2D eigenvalue weighted by atomic mass is 16.5. The fraction of sp³-hybridized carbons (Fsp3) is 0.933. The van der Waals surface area contributed by atoms with Crippen molar-refractivity contribution in [3.8, 4) is 0 Å². The number of nitrogens with one attached hydrogen (secondary N) is 1. The van der Waals surface area contributed by atoms with Crippen molar-refractivity contribution >= 4 is 11.9 Å². The number of aliphatic hydroxyl groups is 2. The molecule has 0 aromatic rings. The molecule has 0 aliphatic carbocycles. The molecule has 2 atom stereocenters. The number of aliphatic hydroxyl groups excluding tert-OH is 2. The molecule has 0 heterocycles. The molecule has 0 spiro atoms. The Hall–Kier alpha value is -1.40. The van der Waals surface area contributed by atoms with Crippen LogP contribution in [0.25, 0.3) is 0 Å². The van der Waals surface area contributed by atoms with E-state index in [2.05, 4.69) is 31.3 Å². The van der Waals surface area contributed by atoms with E-state index in [1.165, 1.54) is 263 Å². The molecule has 3 N–H and O–H groups in total. The van der Waals surface area contributed by atoms with E-state index in [0.29, 0.717) is 25.9 Å². The Kier molecular flexibility index (Phi) is 55.0. The molecule has 6 heteroatoms. The molecule has 0 aliphatic rings. The zero-order valence-electron chi connectivity index (χ0n) is 44.7. The summed E-state index contributed by atoms with van der Waals surface area (Å²) in [6, 6.07) is -0.539. The molecular formula is C60H117NO5. The van der Waals surface area contributed by atoms with E-state index < -0.39 is 12.1 Å². The smallest absolute Gasteiger partial charge is 0.305 e. The van der Waals surface area contributed by atoms with Crippen LogP contribution in [0.3, 0.4) is 0 Å². The topological polar surface area (TPSA) is 95.9 Å². The molecule has 0 aromatic carbocycles. The minimum atomic E-state index is -0.661. The number of allylic oxidation sites excluding steroid dienone is 2. The predicted octanol–water partition coefficient (Wildman–Crippen LogP) is 18.5. The molecule has 6 nitrogen and oxygen atoms in total. The maximum absolute atomic E-state index is 12.4. The summed E-state index contributed by atoms with van der Waals surface area (Å²) >= 11 is 0. The van der Waals surface area contributed by atoms with Crippen molar-refractivity contribution < 1.29 is 24.5 Å². The van der Waals surface area contributed by atoms with Gasteiger partial charge in [-0.3, -0.25) is 9.59 Å². The molecule has 0 aromatic heterocycles. The Bertz CT molecular complexity index is 986. The van der Waals surface area contributed by atoms with Crippen LogP contribution in [-0.2, 0) is 14.3 Å². The Morgan fingerprint density at radius 1 is 0.409 bits per heavy atom. The summed E-state index contributed by atoms with van der Waals surface area (Å²) in [5.41, 5.74) is 0. The van der Waals surface area contributed by atoms with Crippen LogP contribution >= 0.6 is 0 Å². The van der Waals surface area contributed by atoms with E-state index >= 15 is 0 Å². The third-order valence-electron chi connectivity index (χ3n) is 14.1. The first kappa shape index (κ1) is 64.6. The molecular weight excluding hydrogens is 815 g/mol. The molecule has 0 fully saturated rings. The molecule has 0 aliphatic heterocycles. The lowest BCUT2D eigenvalue weighted by Crippen LogP contribution is -2.45. The Balaban J connectivity index is 3.34. The van der Waals surface area contributed by atoms with Crippen LogP contribution in [-0.4, -0.2) is 47.4 Å². The number of unbranched alkanes of at least 4 members (excludes halogenated alkanes) is 43. The summed E-state index contributed by atoms with van der Waals surface area (Å²) in [4.78, 5) is 24.4. The van der Waals surface area contributed by atoms with Gasteiger partial charge in [0, 0.05) is 12.8 Å². The maximum atomic E-state index is 12.4. The average Bonchev–Trinajstić information content (AvgIpc) is 3.32. The SMILES string of the molecule is CCCCCCCCCCCCCCCC(=O)OCCCCCCCCCCCCCC/C=C\CCCCCCCCCCCCCC(=O)NC(CO)C(O)CCCCCCCCCCC. The van der Waals surface area contributed by atoms with Crippen molar-refractivity contribution in [3.05, 3.63) is 12.2 Å². The van der Waals surface area contributed by atoms with Crippen LogP contribution in [0.5, 0.6) is 0 Å². The van der Waals surface area contributed by atoms with E-state index in [0.717, 1.165) is 38.5 Å². The van der Waals surface area contributed by atoms with Gasteiger partial charge in [0.2, 0.25) is 5.91 Å². The molecule has 0 saturated heterocycles. The van der Waals surface area contributed by atoms with Gasteiger partial charge in [0.15, 0.2) is 0 Å². The number of hydrogen-bond donors (Lipinski definition) is 3. The largest absolute Gasteiger partial charge is 0.466 e. The quantitative estimate of drug-likeness (QED) is 0.0321. The molecule has 0 rings (SSSR count). The lowest BCUT2D eigenvalue weighted by molar-refractivity contribution is -0.143. The Morgan fingerprint density at radius 3 is 1.08 bits per heavy atom. The van der Waals surface area contributed by atoms with Gasteiger partial charge in [-0.2, -0.15) is 0 Å². The van der Waals surface area contributed by atoms with Gasteiger partial charge in [-0.15, -0.1) is 0 Å². The van der Waals surface area contributed by atoms with Crippen LogP contribution in [0.4, 0.5) is 0 Å². The van der Waals surface area contributed by atoms with Crippen LogP contribution in [0.1, 0.15) is 335 Å². The highest BCUT2D eigenvalue weighted by Gasteiger charge is 2.20. The van der Waals surface area contributed by atoms with Gasteiger partial charge in [0.1, 0.15) is 0 Å². The zero-order valence-corrected chi connectivity index (χ0v) is 44.7. The fourth-order valence-electron chi connectivity index (χ4n) is 9.46. The van der Waals surface area contributed by atoms with Gasteiger partial charge in [-0.1, -0.05) is 283 Å². The minimum absolute atomic E-state index is 0.0169. The van der Waals surface area contributed by atoms with Crippen LogP contribution in [0.2, 0.25) is 0 Å². The first-order valence-corrected chi connectivity index (χ1v) is 29.9. The third-order valence-corrected chi connectivity index (χ3v) is 14.1. The van der Waals surface area contributed by atoms with Gasteiger partial charge < -0.3 is 20.3 Å². The van der Waals surface area contributed by atoms with E-state index in [1.54, 1.807) is 0 Å². The fourth-order valence-corrected chi connectivity index (χ4v) is 9.46. The van der Waals surface area contributed by atoms with Gasteiger partial charge in [-0.25, -0.2) is 0 Å². The normalized spacial score (nSPS) is 12.6. The maximum Gasteiger partial charge on any atom is 0.305 e. The van der Waals surface area contributed by atoms with Gasteiger partial charge in [-0.05, 0) is 51.4 Å². The first-order chi connectivity index (χ1) is 32.5. The summed E-state index contributed by atoms with van der Waals surface area (Å²) in [6.07, 6.45) is 66.6. The molecule has 0 radical (unpaired) electrons. The average molecular weight is 933 g/mol. The van der Waals surface area contributed by atoms with E-state index in [9.17, 15) is 19.8 Å². The summed E-state index contributed by atoms with van der Waals surface area (Å²) in [5.74, 6) is -0.0201. The number of carbonyl (C=O) groups excluding carboxylic acids is 2. The third kappa shape index (κ3) is 52.0. The lowest BCUT2D eigenvalue weighted by Gasteiger charge is -2.22. The second-order valence-corrected chi connectivity index (χ2v) is 20.7. The van der Waals surface area contributed by atoms with Gasteiger partial charge in [0.05, 0.1) is 25.4 Å². The van der Waals surface area contributed by atoms with Crippen LogP contribution < -0.4 is 5.32 Å². The second-order valence-electron chi connectivity index (χ2n) is 20.7. The molecule has 0 saturated carbocycles. The van der Waals surface area contributed by atoms with Crippen molar-refractivity contribution in [2.75, 3.05) is 13.2 Å². The number of amides is 1. The summed E-state index contributed by atoms with van der Waals surface area (Å²) in [5, 5.41) is 23.1. The monoisotopic (exact) mass is 932 g/mol. The second kappa shape index (κ2) is 56.2. The lowest BCUT2D eigenvalue weighted by atomic mass is 10.0. The van der Waals surface area contributed by atoms with Gasteiger partial charge in [0.25, 0.3) is 0 Å². The van der Waals surface area contributed by atoms with Crippen molar-refractivity contribution in [2.24, 2.45) is 0 Å². The minimum Gasteiger partial charge on any atom is -0.466 e. The van der Waals surface area contributed by atoms with E-state index in [-0.39, 0.29) is 18.5 Å². The number of rotatable bonds is 56. The molecule has 2 unspecified atom stereocenters. The molecule has 0 bridgehead atoms. The summed E-state index contributed by atoms with van der Waals surface area (Å²) < 4.78 is 5.48. The molecule has 1 amide bonds. The Labute approximate surface area is 412 Å². The zero-order chi connectivity index (χ0) is 47.9. The number of esters is 1. The summed E-state index contributed by atoms with van der Waals surface area (Å²) in [6.45, 7) is 4.95. The van der Waals surface area contributed by atoms with E-state index in [1.807, 2.05) is 0 Å². The standard InChI is InChI=1S/C60H117NO5/c1-3-5-7-9-11-13-14-30-34-38-42-46-50-54-60(65)66-55-51-47-43-39-35-32-29-27-25-23-21-19-17-15-16-18-20-22-24-26-28-31-33-37-41-45-49-53-59(64)61-57(56-62)58(63)52-48-44-40-36-12-10-8-6-4-2/h15-16,57-58,62-63H,3-14,17-56H2,1-2H3,(H,61,64)/b16-15-. The van der Waals surface area contributed by atoms with Crippen LogP contribution in [0, 0.1) is 0 Å². The highest BCUT2D eigenvalue weighted by molar-refractivity contribution is 5.76. The van der Waals surface area contributed by atoms with Crippen molar-refractivity contribution in [3.63, 3.8) is 0 Å².